The molecule has 0 spiro atoms. The molecule has 0 unspecified atom stereocenters. The van der Waals surface area contributed by atoms with E-state index in [0.29, 0.717) is 51.0 Å². The van der Waals surface area contributed by atoms with Gasteiger partial charge < -0.3 is 13.4 Å². The molecule has 4 heterocycles. The molecule has 0 aliphatic carbocycles. The van der Waals surface area contributed by atoms with E-state index in [0.717, 1.165) is 43.8 Å². The lowest BCUT2D eigenvalue weighted by atomic mass is 9.98. The maximum atomic E-state index is 9.22. The zero-order chi connectivity index (χ0) is 42.7. The first kappa shape index (κ1) is 26.1. The molecule has 0 radical (unpaired) electrons. The summed E-state index contributed by atoms with van der Waals surface area (Å²) in [6.07, 6.45) is 0. The number of rotatable bonds is 5. The van der Waals surface area contributed by atoms with Crippen LogP contribution in [0.25, 0.3) is 117 Å². The first-order chi connectivity index (χ1) is 30.7. The molecule has 57 heavy (non-hydrogen) atoms. The summed E-state index contributed by atoms with van der Waals surface area (Å²) >= 11 is 0. The monoisotopic (exact) mass is 736 g/mol. The van der Waals surface area contributed by atoms with Gasteiger partial charge in [0.1, 0.15) is 22.3 Å². The summed E-state index contributed by atoms with van der Waals surface area (Å²) in [5.74, 6) is 1.32. The van der Waals surface area contributed by atoms with Gasteiger partial charge in [-0.2, -0.15) is 0 Å². The van der Waals surface area contributed by atoms with Crippen LogP contribution < -0.4 is 0 Å². The number of nitrogens with zero attached hydrogens (tertiary/aromatic N) is 4. The van der Waals surface area contributed by atoms with Gasteiger partial charge in [0.05, 0.1) is 24.9 Å². The molecule has 6 nitrogen and oxygen atoms in total. The van der Waals surface area contributed by atoms with Crippen LogP contribution in [-0.2, 0) is 0 Å². The lowest BCUT2D eigenvalue weighted by molar-refractivity contribution is 0.669. The van der Waals surface area contributed by atoms with Gasteiger partial charge in [0, 0.05) is 60.1 Å². The highest BCUT2D eigenvalue weighted by molar-refractivity contribution is 6.12. The van der Waals surface area contributed by atoms with Gasteiger partial charge in [0.2, 0.25) is 0 Å². The van der Waals surface area contributed by atoms with Crippen molar-refractivity contribution < 1.29 is 17.1 Å². The van der Waals surface area contributed by atoms with Crippen molar-refractivity contribution in [1.29, 1.82) is 0 Å². The van der Waals surface area contributed by atoms with Crippen molar-refractivity contribution in [2.45, 2.75) is 0 Å². The molecule has 8 aromatic carbocycles. The summed E-state index contributed by atoms with van der Waals surface area (Å²) in [5.41, 5.74) is 7.43. The number of furan rings is 2. The highest BCUT2D eigenvalue weighted by Gasteiger charge is 2.21. The Kier molecular flexibility index (Phi) is 5.64. The lowest BCUT2D eigenvalue weighted by Gasteiger charge is -2.16. The van der Waals surface area contributed by atoms with E-state index < -0.39 is 0 Å². The maximum absolute atomic E-state index is 9.22. The number of aromatic nitrogens is 4. The van der Waals surface area contributed by atoms with Crippen molar-refractivity contribution in [3.63, 3.8) is 0 Å². The number of hydrogen-bond acceptors (Lipinski definition) is 5. The van der Waals surface area contributed by atoms with Gasteiger partial charge >= 0.3 is 0 Å². The van der Waals surface area contributed by atoms with Crippen LogP contribution >= 0.6 is 0 Å². The first-order valence-corrected chi connectivity index (χ1v) is 18.5. The normalized spacial score (nSPS) is 13.3. The van der Waals surface area contributed by atoms with Gasteiger partial charge in [-0.25, -0.2) is 15.0 Å². The molecule has 6 heteroatoms. The van der Waals surface area contributed by atoms with Crippen molar-refractivity contribution in [2.75, 3.05) is 0 Å². The number of fused-ring (bicyclic) bond motifs is 9. The second-order valence-corrected chi connectivity index (χ2v) is 13.9. The Morgan fingerprint density at radius 1 is 0.404 bits per heavy atom. The first-order valence-electron chi connectivity index (χ1n) is 21.5. The molecule has 4 aromatic heterocycles. The van der Waals surface area contributed by atoms with E-state index in [1.165, 1.54) is 12.1 Å². The van der Waals surface area contributed by atoms with E-state index in [1.54, 1.807) is 4.57 Å². The van der Waals surface area contributed by atoms with Crippen LogP contribution in [0.3, 0.4) is 0 Å². The third kappa shape index (κ3) is 4.94. The topological polar surface area (TPSA) is 69.9 Å². The summed E-state index contributed by atoms with van der Waals surface area (Å²) in [4.78, 5) is 15.2. The Morgan fingerprint density at radius 3 is 1.72 bits per heavy atom. The standard InChI is InChI=1S/C51H30N4O2/c1-2-13-31(14-3-1)49-52-50(54-51(53-49)33-26-28-47-41(30-33)37-18-7-10-23-45(37)56-47)32-25-27-44(55-42-21-8-4-15-34(42)35-16-5-9-22-43(35)55)40(29-32)39-20-12-19-38-36-17-6-11-24-46(36)57-48(38)39/h1-30H/i4D,5D,15D,16D,21D,22D. The van der Waals surface area contributed by atoms with Gasteiger partial charge in [-0.1, -0.05) is 121 Å². The highest BCUT2D eigenvalue weighted by atomic mass is 16.3. The third-order valence-corrected chi connectivity index (χ3v) is 10.6. The fourth-order valence-electron chi connectivity index (χ4n) is 8.02. The zero-order valence-electron chi connectivity index (χ0n) is 36.0. The zero-order valence-corrected chi connectivity index (χ0v) is 30.0. The Bertz CT molecular complexity index is 3820. The van der Waals surface area contributed by atoms with E-state index in [9.17, 15) is 2.74 Å². The van der Waals surface area contributed by atoms with E-state index in [2.05, 4.69) is 0 Å². The number of hydrogen-bond donors (Lipinski definition) is 0. The predicted molar refractivity (Wildman–Crippen MR) is 230 cm³/mol. The van der Waals surface area contributed by atoms with Crippen LogP contribution in [0.15, 0.2) is 191 Å². The molecule has 0 fully saturated rings. The molecule has 12 aromatic rings. The molecule has 0 atom stereocenters. The van der Waals surface area contributed by atoms with Crippen molar-refractivity contribution in [1.82, 2.24) is 19.5 Å². The minimum atomic E-state index is -0.187. The average Bonchev–Trinajstić information content (AvgIpc) is 4.00. The smallest absolute Gasteiger partial charge is 0.164 e. The molecule has 12 rings (SSSR count). The van der Waals surface area contributed by atoms with Gasteiger partial charge in [-0.3, -0.25) is 0 Å². The van der Waals surface area contributed by atoms with Crippen LogP contribution in [0.5, 0.6) is 0 Å². The summed E-state index contributed by atoms with van der Waals surface area (Å²) in [5, 5.41) is 4.09. The third-order valence-electron chi connectivity index (χ3n) is 10.6. The van der Waals surface area contributed by atoms with Crippen molar-refractivity contribution in [3.8, 4) is 51.0 Å². The highest BCUT2D eigenvalue weighted by Crippen LogP contribution is 2.42. The lowest BCUT2D eigenvalue weighted by Crippen LogP contribution is -2.02. The van der Waals surface area contributed by atoms with Gasteiger partial charge in [-0.15, -0.1) is 0 Å². The fraction of sp³-hybridized carbons (Fsp3) is 0. The van der Waals surface area contributed by atoms with Crippen molar-refractivity contribution in [2.24, 2.45) is 0 Å². The van der Waals surface area contributed by atoms with E-state index >= 15 is 0 Å². The number of benzene rings is 8. The molecular weight excluding hydrogens is 701 g/mol. The van der Waals surface area contributed by atoms with Crippen LogP contribution in [0.1, 0.15) is 8.22 Å². The summed E-state index contributed by atoms with van der Waals surface area (Å²) in [6, 6.07) is 44.8. The predicted octanol–water partition coefficient (Wildman–Crippen LogP) is 13.4. The molecule has 0 aliphatic heterocycles. The van der Waals surface area contributed by atoms with E-state index in [-0.39, 0.29) is 58.1 Å². The van der Waals surface area contributed by atoms with E-state index in [1.807, 2.05) is 133 Å². The molecule has 0 saturated heterocycles. The van der Waals surface area contributed by atoms with Gasteiger partial charge in [0.25, 0.3) is 0 Å². The molecular formula is C51H30N4O2. The summed E-state index contributed by atoms with van der Waals surface area (Å²) in [6.45, 7) is 0. The molecule has 0 amide bonds. The summed E-state index contributed by atoms with van der Waals surface area (Å²) < 4.78 is 68.2. The SMILES string of the molecule is [2H]c1cc([2H])c2c(c1[2H])c1c([2H])c([2H])cc([2H])c1n2-c1ccc(-c2nc(-c3ccccc3)nc(-c3ccc4oc5ccccc5c4c3)n2)cc1-c1cccc2c1oc1ccccc12. The molecule has 0 aliphatic rings. The van der Waals surface area contributed by atoms with Gasteiger partial charge in [-0.05, 0) is 60.6 Å². The average molecular weight is 737 g/mol. The van der Waals surface area contributed by atoms with E-state index in [4.69, 9.17) is 29.3 Å². The minimum Gasteiger partial charge on any atom is -0.456 e. The Balaban J connectivity index is 1.17. The molecule has 0 saturated carbocycles. The second kappa shape index (κ2) is 12.3. The van der Waals surface area contributed by atoms with Crippen LogP contribution in [-0.4, -0.2) is 19.5 Å². The fourth-order valence-corrected chi connectivity index (χ4v) is 8.02. The van der Waals surface area contributed by atoms with Crippen LogP contribution in [0.2, 0.25) is 0 Å². The minimum absolute atomic E-state index is 0.0542. The largest absolute Gasteiger partial charge is 0.456 e. The Labute approximate surface area is 334 Å². The van der Waals surface area contributed by atoms with Crippen molar-refractivity contribution in [3.05, 3.63) is 182 Å². The maximum Gasteiger partial charge on any atom is 0.164 e. The second-order valence-electron chi connectivity index (χ2n) is 13.9. The van der Waals surface area contributed by atoms with Crippen LogP contribution in [0.4, 0.5) is 0 Å². The quantitative estimate of drug-likeness (QED) is 0.176. The Morgan fingerprint density at radius 2 is 0.982 bits per heavy atom. The van der Waals surface area contributed by atoms with Crippen LogP contribution in [0, 0.1) is 0 Å². The molecule has 0 bridgehead atoms. The number of para-hydroxylation sites is 5. The van der Waals surface area contributed by atoms with Crippen molar-refractivity contribution >= 4 is 65.7 Å². The molecule has 0 N–H and O–H groups in total. The van der Waals surface area contributed by atoms with Gasteiger partial charge in [0.15, 0.2) is 17.5 Å². The summed E-state index contributed by atoms with van der Waals surface area (Å²) in [7, 11) is 0. The Hall–Kier alpha value is -7.83. The molecule has 266 valence electrons.